The molecule has 3 nitrogen and oxygen atoms in total. The Morgan fingerprint density at radius 3 is 2.50 bits per heavy atom. The molecule has 0 spiro atoms. The van der Waals surface area contributed by atoms with Crippen LogP contribution in [0.15, 0.2) is 18.2 Å². The maximum atomic E-state index is 11.2. The minimum absolute atomic E-state index is 0.270. The number of benzene rings is 1. The number of nitrogens with zero attached hydrogens (tertiary/aromatic N) is 1. The molecule has 0 saturated carbocycles. The molecule has 0 unspecified atom stereocenters. The summed E-state index contributed by atoms with van der Waals surface area (Å²) >= 11 is 5.85. The van der Waals surface area contributed by atoms with Crippen molar-refractivity contribution in [3.63, 3.8) is 0 Å². The number of hydrogen-bond acceptors (Lipinski definition) is 2. The van der Waals surface area contributed by atoms with Gasteiger partial charge in [-0.25, -0.2) is 4.79 Å². The van der Waals surface area contributed by atoms with Crippen molar-refractivity contribution in [3.05, 3.63) is 28.8 Å². The molecule has 1 aliphatic heterocycles. The number of carboxylic acid groups (broad SMARTS) is 1. The molecule has 0 amide bonds. The van der Waals surface area contributed by atoms with Crippen LogP contribution in [0, 0.1) is 11.3 Å². The van der Waals surface area contributed by atoms with Gasteiger partial charge in [-0.15, -0.1) is 0 Å². The van der Waals surface area contributed by atoms with Crippen LogP contribution in [0.3, 0.4) is 0 Å². The molecular formula is C14H18ClNO2. The van der Waals surface area contributed by atoms with Crippen molar-refractivity contribution in [2.24, 2.45) is 11.3 Å². The standard InChI is InChI=1S/C14H18ClNO2/c1-14(2,3)9-7-16(8-9)12-5-4-10(15)6-11(12)13(17)18/h4-6,9H,7-8H2,1-3H3,(H,17,18). The zero-order chi connectivity index (χ0) is 13.5. The van der Waals surface area contributed by atoms with E-state index in [-0.39, 0.29) is 11.0 Å². The first kappa shape index (κ1) is 13.2. The van der Waals surface area contributed by atoms with Crippen LogP contribution < -0.4 is 4.90 Å². The van der Waals surface area contributed by atoms with Gasteiger partial charge in [-0.3, -0.25) is 0 Å². The monoisotopic (exact) mass is 267 g/mol. The first-order valence-corrected chi connectivity index (χ1v) is 6.44. The zero-order valence-corrected chi connectivity index (χ0v) is 11.7. The Balaban J connectivity index is 2.19. The van der Waals surface area contributed by atoms with Crippen LogP contribution in [0.2, 0.25) is 5.02 Å². The Kier molecular flexibility index (Phi) is 3.28. The summed E-state index contributed by atoms with van der Waals surface area (Å²) in [4.78, 5) is 13.3. The third-order valence-corrected chi connectivity index (χ3v) is 3.87. The highest BCUT2D eigenvalue weighted by Crippen LogP contribution is 2.38. The van der Waals surface area contributed by atoms with Crippen molar-refractivity contribution in [1.82, 2.24) is 0 Å². The van der Waals surface area contributed by atoms with Crippen LogP contribution in [0.4, 0.5) is 5.69 Å². The lowest BCUT2D eigenvalue weighted by Gasteiger charge is -2.48. The largest absolute Gasteiger partial charge is 0.478 e. The number of halogens is 1. The topological polar surface area (TPSA) is 40.5 Å². The van der Waals surface area contributed by atoms with Gasteiger partial charge in [-0.1, -0.05) is 32.4 Å². The van der Waals surface area contributed by atoms with E-state index in [1.807, 2.05) is 0 Å². The molecule has 1 aliphatic rings. The summed E-state index contributed by atoms with van der Waals surface area (Å²) in [6.07, 6.45) is 0. The van der Waals surface area contributed by atoms with E-state index in [0.29, 0.717) is 10.9 Å². The molecule has 4 heteroatoms. The molecule has 0 bridgehead atoms. The fourth-order valence-corrected chi connectivity index (χ4v) is 2.35. The number of anilines is 1. The van der Waals surface area contributed by atoms with Crippen molar-refractivity contribution in [1.29, 1.82) is 0 Å². The molecule has 1 fully saturated rings. The number of carboxylic acids is 1. The third-order valence-electron chi connectivity index (χ3n) is 3.64. The summed E-state index contributed by atoms with van der Waals surface area (Å²) in [6, 6.07) is 5.06. The lowest BCUT2D eigenvalue weighted by molar-refractivity contribution is 0.0697. The van der Waals surface area contributed by atoms with E-state index in [1.165, 1.54) is 6.07 Å². The fourth-order valence-electron chi connectivity index (χ4n) is 2.18. The molecule has 1 heterocycles. The van der Waals surface area contributed by atoms with Crippen LogP contribution in [-0.2, 0) is 0 Å². The average molecular weight is 268 g/mol. The molecule has 1 aromatic rings. The molecular weight excluding hydrogens is 250 g/mol. The van der Waals surface area contributed by atoms with Crippen LogP contribution in [0.1, 0.15) is 31.1 Å². The van der Waals surface area contributed by atoms with Gasteiger partial charge in [0.15, 0.2) is 0 Å². The van der Waals surface area contributed by atoms with Crippen molar-refractivity contribution >= 4 is 23.3 Å². The van der Waals surface area contributed by atoms with E-state index in [0.717, 1.165) is 18.8 Å². The van der Waals surface area contributed by atoms with Crippen molar-refractivity contribution in [2.45, 2.75) is 20.8 Å². The van der Waals surface area contributed by atoms with E-state index in [1.54, 1.807) is 12.1 Å². The van der Waals surface area contributed by atoms with E-state index < -0.39 is 5.97 Å². The minimum atomic E-state index is -0.924. The predicted molar refractivity (Wildman–Crippen MR) is 73.6 cm³/mol. The highest BCUT2D eigenvalue weighted by atomic mass is 35.5. The molecule has 1 saturated heterocycles. The second kappa shape index (κ2) is 4.47. The van der Waals surface area contributed by atoms with E-state index in [4.69, 9.17) is 11.6 Å². The first-order valence-electron chi connectivity index (χ1n) is 6.07. The molecule has 2 rings (SSSR count). The van der Waals surface area contributed by atoms with Gasteiger partial charge in [0.2, 0.25) is 0 Å². The Hall–Kier alpha value is -1.22. The maximum Gasteiger partial charge on any atom is 0.337 e. The lowest BCUT2D eigenvalue weighted by atomic mass is 9.75. The molecule has 1 N–H and O–H groups in total. The van der Waals surface area contributed by atoms with Crippen molar-refractivity contribution in [3.8, 4) is 0 Å². The molecule has 1 aromatic carbocycles. The molecule has 0 aliphatic carbocycles. The highest BCUT2D eigenvalue weighted by molar-refractivity contribution is 6.31. The fraction of sp³-hybridized carbons (Fsp3) is 0.500. The Morgan fingerprint density at radius 2 is 2.00 bits per heavy atom. The van der Waals surface area contributed by atoms with Crippen molar-refractivity contribution < 1.29 is 9.90 Å². The summed E-state index contributed by atoms with van der Waals surface area (Å²) in [6.45, 7) is 8.47. The van der Waals surface area contributed by atoms with E-state index in [2.05, 4.69) is 25.7 Å². The molecule has 0 atom stereocenters. The van der Waals surface area contributed by atoms with Crippen LogP contribution in [0.5, 0.6) is 0 Å². The van der Waals surface area contributed by atoms with Gasteiger partial charge in [0.25, 0.3) is 0 Å². The Morgan fingerprint density at radius 1 is 1.39 bits per heavy atom. The molecule has 98 valence electrons. The van der Waals surface area contributed by atoms with Crippen LogP contribution in [0.25, 0.3) is 0 Å². The molecule has 18 heavy (non-hydrogen) atoms. The average Bonchev–Trinajstić information content (AvgIpc) is 2.15. The minimum Gasteiger partial charge on any atom is -0.478 e. The quantitative estimate of drug-likeness (QED) is 0.891. The smallest absolute Gasteiger partial charge is 0.337 e. The van der Waals surface area contributed by atoms with Gasteiger partial charge < -0.3 is 10.0 Å². The summed E-state index contributed by atoms with van der Waals surface area (Å²) in [5.41, 5.74) is 1.33. The number of carbonyl (C=O) groups is 1. The summed E-state index contributed by atoms with van der Waals surface area (Å²) < 4.78 is 0. The summed E-state index contributed by atoms with van der Waals surface area (Å²) in [7, 11) is 0. The summed E-state index contributed by atoms with van der Waals surface area (Å²) in [5.74, 6) is -0.318. The normalized spacial score (nSPS) is 16.6. The van der Waals surface area contributed by atoms with Gasteiger partial charge >= 0.3 is 5.97 Å². The number of aromatic carboxylic acids is 1. The first-order chi connectivity index (χ1) is 8.29. The Labute approximate surface area is 112 Å². The van der Waals surface area contributed by atoms with E-state index >= 15 is 0 Å². The SMILES string of the molecule is CC(C)(C)C1CN(c2ccc(Cl)cc2C(=O)O)C1. The zero-order valence-electron chi connectivity index (χ0n) is 10.9. The third kappa shape index (κ3) is 2.46. The molecule has 0 aromatic heterocycles. The molecule has 0 radical (unpaired) electrons. The van der Waals surface area contributed by atoms with Gasteiger partial charge in [-0.05, 0) is 29.5 Å². The second-order valence-corrected chi connectivity index (χ2v) is 6.37. The van der Waals surface area contributed by atoms with Gasteiger partial charge in [0, 0.05) is 18.1 Å². The highest BCUT2D eigenvalue weighted by Gasteiger charge is 2.37. The summed E-state index contributed by atoms with van der Waals surface area (Å²) in [5, 5.41) is 9.66. The van der Waals surface area contributed by atoms with Gasteiger partial charge in [-0.2, -0.15) is 0 Å². The van der Waals surface area contributed by atoms with Crippen LogP contribution >= 0.6 is 11.6 Å². The van der Waals surface area contributed by atoms with Gasteiger partial charge in [0.05, 0.1) is 11.3 Å². The van der Waals surface area contributed by atoms with Crippen LogP contribution in [-0.4, -0.2) is 24.2 Å². The van der Waals surface area contributed by atoms with Gasteiger partial charge in [0.1, 0.15) is 0 Å². The maximum absolute atomic E-state index is 11.2. The number of rotatable bonds is 2. The van der Waals surface area contributed by atoms with Crippen molar-refractivity contribution in [2.75, 3.05) is 18.0 Å². The number of hydrogen-bond donors (Lipinski definition) is 1. The lowest BCUT2D eigenvalue weighted by Crippen LogP contribution is -2.52. The Bertz CT molecular complexity index is 473. The van der Waals surface area contributed by atoms with E-state index in [9.17, 15) is 9.90 Å². The second-order valence-electron chi connectivity index (χ2n) is 5.93. The predicted octanol–water partition coefficient (Wildman–Crippen LogP) is 3.52.